The molecule has 2 N–H and O–H groups in total. The fourth-order valence-corrected chi connectivity index (χ4v) is 2.38. The van der Waals surface area contributed by atoms with Gasteiger partial charge >= 0.3 is 0 Å². The van der Waals surface area contributed by atoms with Crippen LogP contribution in [0.2, 0.25) is 0 Å². The molecule has 1 saturated heterocycles. The van der Waals surface area contributed by atoms with Crippen LogP contribution in [0.3, 0.4) is 0 Å². The van der Waals surface area contributed by atoms with Crippen LogP contribution in [0.5, 0.6) is 0 Å². The van der Waals surface area contributed by atoms with Gasteiger partial charge in [0.05, 0.1) is 6.42 Å². The predicted molar refractivity (Wildman–Crippen MR) is 71.4 cm³/mol. The number of hydrogen-bond acceptors (Lipinski definition) is 3. The SMILES string of the molecule is CC(C)N1C(=O)CC(NC(=O)c2cc(Br)c[nH]2)C1=O. The standard InChI is InChI=1S/C12H14BrN3O3/c1-6(2)16-10(17)4-9(12(16)19)15-11(18)8-3-7(13)5-14-8/h3,5-6,9,14H,4H2,1-2H3,(H,15,18). The van der Waals surface area contributed by atoms with Crippen molar-refractivity contribution >= 4 is 33.7 Å². The number of nitrogens with one attached hydrogen (secondary N) is 2. The van der Waals surface area contributed by atoms with Crippen LogP contribution in [0.4, 0.5) is 0 Å². The summed E-state index contributed by atoms with van der Waals surface area (Å²) in [6, 6.07) is 0.641. The van der Waals surface area contributed by atoms with Crippen molar-refractivity contribution in [3.8, 4) is 0 Å². The minimum atomic E-state index is -0.774. The molecule has 1 unspecified atom stereocenters. The number of halogens is 1. The van der Waals surface area contributed by atoms with Crippen LogP contribution in [0.1, 0.15) is 30.8 Å². The van der Waals surface area contributed by atoms with Gasteiger partial charge in [0.1, 0.15) is 11.7 Å². The average molecular weight is 328 g/mol. The van der Waals surface area contributed by atoms with Crippen LogP contribution in [0.15, 0.2) is 16.7 Å². The molecule has 0 aliphatic carbocycles. The summed E-state index contributed by atoms with van der Waals surface area (Å²) < 4.78 is 0.746. The Morgan fingerprint density at radius 1 is 1.53 bits per heavy atom. The van der Waals surface area contributed by atoms with Crippen molar-refractivity contribution in [1.82, 2.24) is 15.2 Å². The second kappa shape index (κ2) is 5.16. The molecule has 102 valence electrons. The quantitative estimate of drug-likeness (QED) is 0.814. The van der Waals surface area contributed by atoms with Gasteiger partial charge in [-0.1, -0.05) is 0 Å². The molecule has 0 aromatic carbocycles. The molecule has 1 aliphatic rings. The number of likely N-dealkylation sites (tertiary alicyclic amines) is 1. The predicted octanol–water partition coefficient (Wildman–Crippen LogP) is 1.04. The highest BCUT2D eigenvalue weighted by molar-refractivity contribution is 9.10. The van der Waals surface area contributed by atoms with Crippen molar-refractivity contribution < 1.29 is 14.4 Å². The van der Waals surface area contributed by atoms with Gasteiger partial charge < -0.3 is 10.3 Å². The lowest BCUT2D eigenvalue weighted by atomic mass is 10.2. The molecule has 2 heterocycles. The van der Waals surface area contributed by atoms with E-state index in [9.17, 15) is 14.4 Å². The average Bonchev–Trinajstić information content (AvgIpc) is 2.84. The Labute approximate surface area is 118 Å². The first-order chi connectivity index (χ1) is 8.90. The van der Waals surface area contributed by atoms with Crippen LogP contribution in [0.25, 0.3) is 0 Å². The molecule has 19 heavy (non-hydrogen) atoms. The summed E-state index contributed by atoms with van der Waals surface area (Å²) in [7, 11) is 0. The summed E-state index contributed by atoms with van der Waals surface area (Å²) in [5, 5.41) is 2.57. The fourth-order valence-electron chi connectivity index (χ4n) is 2.04. The molecule has 3 amide bonds. The van der Waals surface area contributed by atoms with Gasteiger partial charge in [0.2, 0.25) is 5.91 Å². The zero-order valence-electron chi connectivity index (χ0n) is 10.6. The Kier molecular flexibility index (Phi) is 3.75. The number of H-pyrrole nitrogens is 1. The summed E-state index contributed by atoms with van der Waals surface area (Å²) >= 11 is 3.22. The van der Waals surface area contributed by atoms with Gasteiger partial charge in [0.15, 0.2) is 0 Å². The first kappa shape index (κ1) is 13.8. The van der Waals surface area contributed by atoms with Gasteiger partial charge in [-0.3, -0.25) is 19.3 Å². The van der Waals surface area contributed by atoms with Gasteiger partial charge in [0, 0.05) is 16.7 Å². The maximum Gasteiger partial charge on any atom is 0.268 e. The molecular formula is C12H14BrN3O3. The molecule has 2 rings (SSSR count). The fraction of sp³-hybridized carbons (Fsp3) is 0.417. The molecular weight excluding hydrogens is 314 g/mol. The van der Waals surface area contributed by atoms with Gasteiger partial charge in [-0.2, -0.15) is 0 Å². The Morgan fingerprint density at radius 2 is 2.21 bits per heavy atom. The minimum Gasteiger partial charge on any atom is -0.356 e. The van der Waals surface area contributed by atoms with Crippen molar-refractivity contribution in [2.24, 2.45) is 0 Å². The van der Waals surface area contributed by atoms with E-state index in [0.29, 0.717) is 5.69 Å². The largest absolute Gasteiger partial charge is 0.356 e. The van der Waals surface area contributed by atoms with Crippen molar-refractivity contribution in [2.75, 3.05) is 0 Å². The molecule has 0 saturated carbocycles. The van der Waals surface area contributed by atoms with Gasteiger partial charge in [0.25, 0.3) is 11.8 Å². The summed E-state index contributed by atoms with van der Waals surface area (Å²) in [6.45, 7) is 3.53. The number of imide groups is 1. The molecule has 1 fully saturated rings. The van der Waals surface area contributed by atoms with Crippen molar-refractivity contribution in [3.63, 3.8) is 0 Å². The van der Waals surface area contributed by atoms with E-state index in [4.69, 9.17) is 0 Å². The van der Waals surface area contributed by atoms with Gasteiger partial charge in [-0.05, 0) is 35.8 Å². The lowest BCUT2D eigenvalue weighted by Crippen LogP contribution is -2.43. The van der Waals surface area contributed by atoms with Crippen LogP contribution in [0, 0.1) is 0 Å². The molecule has 1 aromatic rings. The number of hydrogen-bond donors (Lipinski definition) is 2. The van der Waals surface area contributed by atoms with E-state index in [1.165, 1.54) is 4.90 Å². The highest BCUT2D eigenvalue weighted by Crippen LogP contribution is 2.17. The first-order valence-corrected chi connectivity index (χ1v) is 6.70. The van der Waals surface area contributed by atoms with Gasteiger partial charge in [-0.15, -0.1) is 0 Å². The molecule has 0 radical (unpaired) electrons. The summed E-state index contributed by atoms with van der Waals surface area (Å²) in [5.41, 5.74) is 0.343. The molecule has 7 heteroatoms. The Morgan fingerprint density at radius 3 is 2.68 bits per heavy atom. The first-order valence-electron chi connectivity index (χ1n) is 5.91. The van der Waals surface area contributed by atoms with Crippen LogP contribution in [-0.2, 0) is 9.59 Å². The number of aromatic nitrogens is 1. The Hall–Kier alpha value is -1.63. The zero-order valence-corrected chi connectivity index (χ0v) is 12.2. The third kappa shape index (κ3) is 2.70. The Balaban J connectivity index is 2.07. The third-order valence-corrected chi connectivity index (χ3v) is 3.35. The number of rotatable bonds is 3. The van der Waals surface area contributed by atoms with Crippen LogP contribution >= 0.6 is 15.9 Å². The smallest absolute Gasteiger partial charge is 0.268 e. The molecule has 0 bridgehead atoms. The summed E-state index contributed by atoms with van der Waals surface area (Å²) in [6.07, 6.45) is 1.64. The van der Waals surface area contributed by atoms with Crippen molar-refractivity contribution in [3.05, 3.63) is 22.4 Å². The molecule has 1 aromatic heterocycles. The number of amides is 3. The topological polar surface area (TPSA) is 82.3 Å². The third-order valence-electron chi connectivity index (χ3n) is 2.90. The lowest BCUT2D eigenvalue weighted by molar-refractivity contribution is -0.140. The van der Waals surface area contributed by atoms with E-state index in [0.717, 1.165) is 4.47 Å². The van der Waals surface area contributed by atoms with E-state index in [1.54, 1.807) is 26.1 Å². The van der Waals surface area contributed by atoms with E-state index in [-0.39, 0.29) is 24.3 Å². The van der Waals surface area contributed by atoms with Crippen molar-refractivity contribution in [2.45, 2.75) is 32.4 Å². The van der Waals surface area contributed by atoms with Crippen LogP contribution in [-0.4, -0.2) is 39.7 Å². The van der Waals surface area contributed by atoms with Gasteiger partial charge in [-0.25, -0.2) is 0 Å². The summed E-state index contributed by atoms with van der Waals surface area (Å²) in [5.74, 6) is -1.00. The van der Waals surface area contributed by atoms with E-state index in [1.807, 2.05) is 0 Å². The van der Waals surface area contributed by atoms with E-state index < -0.39 is 11.9 Å². The highest BCUT2D eigenvalue weighted by Gasteiger charge is 2.40. The number of nitrogens with zero attached hydrogens (tertiary/aromatic N) is 1. The maximum atomic E-state index is 12.0. The lowest BCUT2D eigenvalue weighted by Gasteiger charge is -2.19. The van der Waals surface area contributed by atoms with Crippen LogP contribution < -0.4 is 5.32 Å². The zero-order chi connectivity index (χ0) is 14.2. The minimum absolute atomic E-state index is 0.0185. The number of aromatic amines is 1. The molecule has 1 atom stereocenters. The molecule has 0 spiro atoms. The summed E-state index contributed by atoms with van der Waals surface area (Å²) in [4.78, 5) is 39.6. The van der Waals surface area contributed by atoms with E-state index >= 15 is 0 Å². The Bertz CT molecular complexity index is 538. The second-order valence-corrected chi connectivity index (χ2v) is 5.57. The second-order valence-electron chi connectivity index (χ2n) is 4.66. The highest BCUT2D eigenvalue weighted by atomic mass is 79.9. The number of carbonyl (C=O) groups is 3. The van der Waals surface area contributed by atoms with Crippen molar-refractivity contribution in [1.29, 1.82) is 0 Å². The molecule has 1 aliphatic heterocycles. The monoisotopic (exact) mass is 327 g/mol. The molecule has 6 nitrogen and oxygen atoms in total. The normalized spacial score (nSPS) is 19.4. The maximum absolute atomic E-state index is 12.0. The van der Waals surface area contributed by atoms with E-state index in [2.05, 4.69) is 26.2 Å². The number of carbonyl (C=O) groups excluding carboxylic acids is 3.